The van der Waals surface area contributed by atoms with E-state index in [-0.39, 0.29) is 30.0 Å². The summed E-state index contributed by atoms with van der Waals surface area (Å²) < 4.78 is 26.9. The van der Waals surface area contributed by atoms with Crippen molar-refractivity contribution in [2.45, 2.75) is 58.5 Å². The molecule has 4 nitrogen and oxygen atoms in total. The van der Waals surface area contributed by atoms with Crippen molar-refractivity contribution in [3.63, 3.8) is 0 Å². The highest BCUT2D eigenvalue weighted by Crippen LogP contribution is 2.30. The van der Waals surface area contributed by atoms with E-state index in [1.165, 1.54) is 0 Å². The van der Waals surface area contributed by atoms with E-state index in [1.54, 1.807) is 12.1 Å². The molecule has 1 amide bonds. The molecule has 1 aromatic rings. The Kier molecular flexibility index (Phi) is 7.35. The summed E-state index contributed by atoms with van der Waals surface area (Å²) in [5.41, 5.74) is 8.39. The fraction of sp³-hybridized carbons (Fsp3) is 0.636. The van der Waals surface area contributed by atoms with Crippen LogP contribution in [0.3, 0.4) is 0 Å². The number of carbonyl (C=O) groups is 1. The average Bonchev–Trinajstić information content (AvgIpc) is 2.63. The first-order valence-corrected chi connectivity index (χ1v) is 10.9. The third kappa shape index (κ3) is 5.19. The Morgan fingerprint density at radius 1 is 1.28 bits per heavy atom. The molecule has 2 aliphatic rings. The minimum atomic E-state index is -2.52. The molecule has 2 fully saturated rings. The molecule has 29 heavy (non-hydrogen) atoms. The maximum atomic E-state index is 13.5. The van der Waals surface area contributed by atoms with E-state index in [4.69, 9.17) is 18.0 Å². The van der Waals surface area contributed by atoms with Crippen LogP contribution in [0.2, 0.25) is 0 Å². The number of nitrogens with two attached hydrogens (primary N) is 1. The number of amides is 1. The van der Waals surface area contributed by atoms with Gasteiger partial charge >= 0.3 is 0 Å². The highest BCUT2D eigenvalue weighted by molar-refractivity contribution is 7.80. The summed E-state index contributed by atoms with van der Waals surface area (Å²) in [7, 11) is 0. The second-order valence-electron chi connectivity index (χ2n) is 8.43. The van der Waals surface area contributed by atoms with E-state index in [0.29, 0.717) is 24.4 Å². The summed E-state index contributed by atoms with van der Waals surface area (Å²) in [4.78, 5) is 17.5. The smallest absolute Gasteiger partial charge is 0.263 e. The van der Waals surface area contributed by atoms with Crippen molar-refractivity contribution in [1.82, 2.24) is 9.80 Å². The van der Waals surface area contributed by atoms with Gasteiger partial charge in [0.1, 0.15) is 0 Å². The van der Waals surface area contributed by atoms with Gasteiger partial charge in [0.05, 0.1) is 0 Å². The van der Waals surface area contributed by atoms with Crippen LogP contribution in [0.1, 0.15) is 54.9 Å². The first-order valence-electron chi connectivity index (χ1n) is 10.4. The van der Waals surface area contributed by atoms with Gasteiger partial charge in [-0.3, -0.25) is 9.69 Å². The van der Waals surface area contributed by atoms with Crippen LogP contribution in [-0.2, 0) is 17.8 Å². The molecule has 0 spiro atoms. The molecule has 2 N–H and O–H groups in total. The second-order valence-corrected chi connectivity index (χ2v) is 9.01. The summed E-state index contributed by atoms with van der Waals surface area (Å²) in [6.07, 6.45) is 1.11. The van der Waals surface area contributed by atoms with E-state index in [2.05, 4.69) is 11.8 Å². The summed E-state index contributed by atoms with van der Waals surface area (Å²) >= 11 is 5.24. The van der Waals surface area contributed by atoms with Gasteiger partial charge in [-0.1, -0.05) is 18.6 Å². The van der Waals surface area contributed by atoms with Crippen LogP contribution in [0, 0.1) is 12.8 Å². The molecule has 7 heteroatoms. The lowest BCUT2D eigenvalue weighted by Crippen LogP contribution is -2.55. The van der Waals surface area contributed by atoms with Crippen molar-refractivity contribution in [3.8, 4) is 0 Å². The number of benzene rings is 1. The third-order valence-corrected chi connectivity index (χ3v) is 6.67. The zero-order chi connectivity index (χ0) is 21.1. The van der Waals surface area contributed by atoms with Gasteiger partial charge in [0.15, 0.2) is 0 Å². The lowest BCUT2D eigenvalue weighted by molar-refractivity contribution is -0.142. The topological polar surface area (TPSA) is 49.6 Å². The van der Waals surface area contributed by atoms with E-state index in [9.17, 15) is 13.6 Å². The lowest BCUT2D eigenvalue weighted by atomic mass is 9.84. The maximum Gasteiger partial charge on any atom is 0.263 e. The number of nitrogens with zero attached hydrogens (tertiary/aromatic N) is 2. The van der Waals surface area contributed by atoms with Gasteiger partial charge in [0, 0.05) is 61.5 Å². The molecule has 0 radical (unpaired) electrons. The van der Waals surface area contributed by atoms with Crippen LogP contribution >= 0.6 is 12.2 Å². The van der Waals surface area contributed by atoms with Gasteiger partial charge in [-0.15, -0.1) is 0 Å². The van der Waals surface area contributed by atoms with Crippen LogP contribution in [0.15, 0.2) is 12.1 Å². The Balaban J connectivity index is 1.72. The first-order chi connectivity index (χ1) is 13.8. The largest absolute Gasteiger partial charge is 0.337 e. The monoisotopic (exact) mass is 423 g/mol. The van der Waals surface area contributed by atoms with Crippen LogP contribution in [0.4, 0.5) is 8.78 Å². The van der Waals surface area contributed by atoms with E-state index >= 15 is 0 Å². The van der Waals surface area contributed by atoms with Gasteiger partial charge in [0.2, 0.25) is 5.91 Å². The Morgan fingerprint density at radius 2 is 1.97 bits per heavy atom. The van der Waals surface area contributed by atoms with Gasteiger partial charge in [0.25, 0.3) is 6.43 Å². The maximum absolute atomic E-state index is 13.5. The summed E-state index contributed by atoms with van der Waals surface area (Å²) in [6, 6.07) is 3.31. The Hall–Kier alpha value is -1.44. The molecule has 1 aliphatic carbocycles. The number of carbonyl (C=O) groups excluding carboxylic acids is 1. The normalized spacial score (nSPS) is 20.8. The standard InChI is InChI=1S/C22H31F2N3OS/c1-14-12-26(6-7-27(14)22(28)16-4-3-5-16)13-19-9-18(21(23)24)8-17(15(19)2)10-20(29)11-25/h8-9,14,16,21H,3-7,10-13,25H2,1-2H3/t14-/m0/s1. The zero-order valence-corrected chi connectivity index (χ0v) is 18.1. The summed E-state index contributed by atoms with van der Waals surface area (Å²) in [5, 5.41) is 0. The van der Waals surface area contributed by atoms with Crippen molar-refractivity contribution < 1.29 is 13.6 Å². The minimum Gasteiger partial charge on any atom is -0.337 e. The minimum absolute atomic E-state index is 0.0345. The number of thiocarbonyl (C=S) groups is 1. The van der Waals surface area contributed by atoms with E-state index < -0.39 is 6.43 Å². The molecule has 160 valence electrons. The molecular formula is C22H31F2N3OS. The molecular weight excluding hydrogens is 392 g/mol. The van der Waals surface area contributed by atoms with Crippen LogP contribution in [0.25, 0.3) is 0 Å². The molecule has 1 saturated heterocycles. The molecule has 1 aromatic carbocycles. The first kappa shape index (κ1) is 22.2. The Morgan fingerprint density at radius 3 is 2.52 bits per heavy atom. The molecule has 3 rings (SSSR count). The van der Waals surface area contributed by atoms with Crippen molar-refractivity contribution in [3.05, 3.63) is 34.4 Å². The Labute approximate surface area is 177 Å². The van der Waals surface area contributed by atoms with Gasteiger partial charge in [-0.05, 0) is 55.5 Å². The molecule has 1 aliphatic heterocycles. The van der Waals surface area contributed by atoms with Gasteiger partial charge in [-0.2, -0.15) is 0 Å². The van der Waals surface area contributed by atoms with Crippen LogP contribution in [-0.4, -0.2) is 52.8 Å². The summed E-state index contributed by atoms with van der Waals surface area (Å²) in [6.45, 7) is 7.15. The highest BCUT2D eigenvalue weighted by Gasteiger charge is 2.34. The fourth-order valence-corrected chi connectivity index (χ4v) is 4.42. The molecule has 1 heterocycles. The second kappa shape index (κ2) is 9.58. The molecule has 0 aromatic heterocycles. The van der Waals surface area contributed by atoms with Crippen LogP contribution in [0.5, 0.6) is 0 Å². The average molecular weight is 424 g/mol. The van der Waals surface area contributed by atoms with Crippen molar-refractivity contribution in [1.29, 1.82) is 0 Å². The predicted octanol–water partition coefficient (Wildman–Crippen LogP) is 3.64. The number of alkyl halides is 2. The van der Waals surface area contributed by atoms with Gasteiger partial charge < -0.3 is 10.6 Å². The van der Waals surface area contributed by atoms with Crippen molar-refractivity contribution in [2.75, 3.05) is 26.2 Å². The number of piperazine rings is 1. The van der Waals surface area contributed by atoms with Crippen molar-refractivity contribution in [2.24, 2.45) is 11.7 Å². The summed E-state index contributed by atoms with van der Waals surface area (Å²) in [5.74, 6) is 0.500. The number of halogens is 2. The van der Waals surface area contributed by atoms with E-state index in [1.807, 2.05) is 11.8 Å². The van der Waals surface area contributed by atoms with Gasteiger partial charge in [-0.25, -0.2) is 8.78 Å². The molecule has 0 bridgehead atoms. The Bertz CT molecular complexity index is 767. The molecule has 0 unspecified atom stereocenters. The number of hydrogen-bond acceptors (Lipinski definition) is 4. The number of hydrogen-bond donors (Lipinski definition) is 1. The fourth-order valence-electron chi connectivity index (χ4n) is 4.26. The predicted molar refractivity (Wildman–Crippen MR) is 115 cm³/mol. The highest BCUT2D eigenvalue weighted by atomic mass is 32.1. The SMILES string of the molecule is Cc1c(CC(=S)CN)cc(C(F)F)cc1CN1CCN(C(=O)C2CCC2)[C@@H](C)C1. The van der Waals surface area contributed by atoms with Crippen molar-refractivity contribution >= 4 is 23.0 Å². The molecule has 1 atom stereocenters. The van der Waals surface area contributed by atoms with Crippen LogP contribution < -0.4 is 5.73 Å². The van der Waals surface area contributed by atoms with E-state index in [0.717, 1.165) is 49.0 Å². The third-order valence-electron chi connectivity index (χ3n) is 6.36. The lowest BCUT2D eigenvalue weighted by Gasteiger charge is -2.42. The number of rotatable bonds is 7. The quantitative estimate of drug-likeness (QED) is 0.681. The zero-order valence-electron chi connectivity index (χ0n) is 17.3. The molecule has 1 saturated carbocycles.